The smallest absolute Gasteiger partial charge is 0.350 e. The predicted molar refractivity (Wildman–Crippen MR) is 76.2 cm³/mol. The summed E-state index contributed by atoms with van der Waals surface area (Å²) in [6.07, 6.45) is 0.0365. The van der Waals surface area contributed by atoms with Gasteiger partial charge < -0.3 is 25.8 Å². The van der Waals surface area contributed by atoms with Crippen molar-refractivity contribution < 1.29 is 19.1 Å². The number of carbonyl (C=O) groups excluding carboxylic acids is 2. The molecule has 1 aromatic rings. The third kappa shape index (κ3) is 2.56. The minimum atomic E-state index is -0.650. The van der Waals surface area contributed by atoms with Crippen LogP contribution in [0.4, 0.5) is 10.7 Å². The van der Waals surface area contributed by atoms with Gasteiger partial charge in [0.15, 0.2) is 0 Å². The molecule has 110 valence electrons. The Bertz CT molecular complexity index is 543. The van der Waals surface area contributed by atoms with Crippen molar-refractivity contribution in [3.8, 4) is 0 Å². The molecule has 1 fully saturated rings. The van der Waals surface area contributed by atoms with Crippen LogP contribution in [-0.2, 0) is 9.47 Å². The Morgan fingerprint density at radius 2 is 2.20 bits per heavy atom. The summed E-state index contributed by atoms with van der Waals surface area (Å²) in [6.45, 7) is 3.71. The Hall–Kier alpha value is -1.80. The second-order valence-corrected chi connectivity index (χ2v) is 5.51. The third-order valence-electron chi connectivity index (χ3n) is 3.07. The Labute approximate surface area is 120 Å². The summed E-state index contributed by atoms with van der Waals surface area (Å²) in [7, 11) is 1.27. The van der Waals surface area contributed by atoms with Gasteiger partial charge in [-0.05, 0) is 6.92 Å². The molecule has 2 heterocycles. The van der Waals surface area contributed by atoms with E-state index in [1.807, 2.05) is 11.8 Å². The summed E-state index contributed by atoms with van der Waals surface area (Å²) in [5.74, 6) is -1.22. The van der Waals surface area contributed by atoms with Crippen LogP contribution in [0.1, 0.15) is 27.0 Å². The first-order valence-corrected chi connectivity index (χ1v) is 6.94. The van der Waals surface area contributed by atoms with Crippen LogP contribution < -0.4 is 16.4 Å². The fraction of sp³-hybridized carbons (Fsp3) is 0.500. The number of anilines is 2. The molecule has 20 heavy (non-hydrogen) atoms. The molecule has 7 nitrogen and oxygen atoms in total. The molecule has 0 saturated carbocycles. The van der Waals surface area contributed by atoms with E-state index in [1.165, 1.54) is 7.11 Å². The molecule has 8 heteroatoms. The van der Waals surface area contributed by atoms with E-state index in [0.717, 1.165) is 11.3 Å². The average Bonchev–Trinajstić information content (AvgIpc) is 2.75. The van der Waals surface area contributed by atoms with Gasteiger partial charge in [-0.2, -0.15) is 0 Å². The second kappa shape index (κ2) is 5.68. The number of morpholine rings is 1. The summed E-state index contributed by atoms with van der Waals surface area (Å²) in [4.78, 5) is 25.5. The van der Waals surface area contributed by atoms with Crippen LogP contribution in [0, 0.1) is 0 Å². The van der Waals surface area contributed by atoms with Gasteiger partial charge in [-0.3, -0.25) is 4.79 Å². The highest BCUT2D eigenvalue weighted by Crippen LogP contribution is 2.39. The normalized spacial score (nSPS) is 18.9. The number of carbonyl (C=O) groups is 2. The van der Waals surface area contributed by atoms with E-state index in [9.17, 15) is 9.59 Å². The predicted octanol–water partition coefficient (Wildman–Crippen LogP) is 0.441. The maximum Gasteiger partial charge on any atom is 0.350 e. The van der Waals surface area contributed by atoms with Crippen LogP contribution in [0.2, 0.25) is 0 Å². The number of rotatable bonds is 3. The summed E-state index contributed by atoms with van der Waals surface area (Å²) in [6, 6.07) is 0. The monoisotopic (exact) mass is 299 g/mol. The van der Waals surface area contributed by atoms with Crippen LogP contribution >= 0.6 is 11.3 Å². The number of hydrogen-bond donors (Lipinski definition) is 2. The van der Waals surface area contributed by atoms with Gasteiger partial charge >= 0.3 is 5.97 Å². The first kappa shape index (κ1) is 14.6. The highest BCUT2D eigenvalue weighted by atomic mass is 32.1. The lowest BCUT2D eigenvalue weighted by molar-refractivity contribution is 0.0533. The summed E-state index contributed by atoms with van der Waals surface area (Å²) in [5, 5.41) is 0.602. The maximum absolute atomic E-state index is 11.7. The minimum Gasteiger partial charge on any atom is -0.465 e. The molecule has 1 saturated heterocycles. The third-order valence-corrected chi connectivity index (χ3v) is 4.32. The largest absolute Gasteiger partial charge is 0.465 e. The maximum atomic E-state index is 11.7. The number of ether oxygens (including phenoxy) is 2. The first-order chi connectivity index (χ1) is 9.45. The van der Waals surface area contributed by atoms with E-state index in [0.29, 0.717) is 24.7 Å². The number of nitrogens with two attached hydrogens (primary N) is 2. The molecule has 1 aromatic heterocycles. The van der Waals surface area contributed by atoms with Crippen LogP contribution in [0.5, 0.6) is 0 Å². The van der Waals surface area contributed by atoms with Crippen LogP contribution in [0.3, 0.4) is 0 Å². The van der Waals surface area contributed by atoms with E-state index >= 15 is 0 Å². The van der Waals surface area contributed by atoms with Crippen LogP contribution in [0.25, 0.3) is 0 Å². The molecule has 1 aliphatic rings. The molecule has 0 radical (unpaired) electrons. The second-order valence-electron chi connectivity index (χ2n) is 4.51. The van der Waals surface area contributed by atoms with Crippen LogP contribution in [-0.4, -0.2) is 44.8 Å². The van der Waals surface area contributed by atoms with Crippen molar-refractivity contribution in [3.63, 3.8) is 0 Å². The van der Waals surface area contributed by atoms with Crippen molar-refractivity contribution in [3.05, 3.63) is 10.4 Å². The zero-order valence-electron chi connectivity index (χ0n) is 11.3. The van der Waals surface area contributed by atoms with Crippen molar-refractivity contribution in [1.29, 1.82) is 0 Å². The SMILES string of the molecule is COC(=O)c1sc(N2CCOC(C)C2)c(C(N)=O)c1N. The minimum absolute atomic E-state index is 0.0365. The van der Waals surface area contributed by atoms with Crippen LogP contribution in [0.15, 0.2) is 0 Å². The lowest BCUT2D eigenvalue weighted by Gasteiger charge is -2.32. The van der Waals surface area contributed by atoms with E-state index < -0.39 is 11.9 Å². The van der Waals surface area contributed by atoms with E-state index in [1.54, 1.807) is 0 Å². The van der Waals surface area contributed by atoms with Crippen molar-refractivity contribution in [2.24, 2.45) is 5.73 Å². The summed E-state index contributed by atoms with van der Waals surface area (Å²) in [5.41, 5.74) is 11.5. The Balaban J connectivity index is 2.45. The molecule has 0 spiro atoms. The van der Waals surface area contributed by atoms with Crippen molar-refractivity contribution in [1.82, 2.24) is 0 Å². The molecule has 0 aliphatic carbocycles. The zero-order valence-corrected chi connectivity index (χ0v) is 12.2. The number of methoxy groups -OCH3 is 1. The molecular weight excluding hydrogens is 282 g/mol. The number of nitrogen functional groups attached to an aromatic ring is 1. The highest BCUT2D eigenvalue weighted by Gasteiger charge is 2.29. The van der Waals surface area contributed by atoms with Gasteiger partial charge in [0.2, 0.25) is 0 Å². The molecule has 0 bridgehead atoms. The first-order valence-electron chi connectivity index (χ1n) is 6.12. The molecule has 0 aromatic carbocycles. The molecule has 1 aliphatic heterocycles. The van der Waals surface area contributed by atoms with Gasteiger partial charge in [0.25, 0.3) is 5.91 Å². The lowest BCUT2D eigenvalue weighted by atomic mass is 10.2. The lowest BCUT2D eigenvalue weighted by Crippen LogP contribution is -2.41. The summed E-state index contributed by atoms with van der Waals surface area (Å²) < 4.78 is 10.1. The molecule has 4 N–H and O–H groups in total. The Kier molecular flexibility index (Phi) is 4.15. The number of nitrogens with zero attached hydrogens (tertiary/aromatic N) is 1. The molecular formula is C12H17N3O4S. The topological polar surface area (TPSA) is 108 Å². The van der Waals surface area contributed by atoms with Crippen molar-refractivity contribution >= 4 is 33.9 Å². The molecule has 2 rings (SSSR count). The van der Waals surface area contributed by atoms with Crippen molar-refractivity contribution in [2.45, 2.75) is 13.0 Å². The average molecular weight is 299 g/mol. The molecule has 1 amide bonds. The Morgan fingerprint density at radius 1 is 1.50 bits per heavy atom. The fourth-order valence-corrected chi connectivity index (χ4v) is 3.32. The van der Waals surface area contributed by atoms with Crippen molar-refractivity contribution in [2.75, 3.05) is 37.4 Å². The van der Waals surface area contributed by atoms with Gasteiger partial charge in [0.1, 0.15) is 9.88 Å². The Morgan fingerprint density at radius 3 is 2.75 bits per heavy atom. The van der Waals surface area contributed by atoms with E-state index in [2.05, 4.69) is 4.74 Å². The van der Waals surface area contributed by atoms with Gasteiger partial charge in [0, 0.05) is 13.1 Å². The molecule has 1 unspecified atom stereocenters. The number of amides is 1. The molecule has 1 atom stereocenters. The standard InChI is InChI=1S/C12H17N3O4S/c1-6-5-15(3-4-19-6)11-7(10(14)16)8(13)9(20-11)12(17)18-2/h6H,3-5,13H2,1-2H3,(H2,14,16). The summed E-state index contributed by atoms with van der Waals surface area (Å²) >= 11 is 1.13. The number of thiophene rings is 1. The quantitative estimate of drug-likeness (QED) is 0.784. The van der Waals surface area contributed by atoms with Gasteiger partial charge in [-0.1, -0.05) is 0 Å². The number of hydrogen-bond acceptors (Lipinski definition) is 7. The highest BCUT2D eigenvalue weighted by molar-refractivity contribution is 7.19. The zero-order chi connectivity index (χ0) is 14.9. The van der Waals surface area contributed by atoms with E-state index in [4.69, 9.17) is 16.2 Å². The van der Waals surface area contributed by atoms with Gasteiger partial charge in [-0.15, -0.1) is 11.3 Å². The van der Waals surface area contributed by atoms with Gasteiger partial charge in [0.05, 0.1) is 31.1 Å². The number of primary amides is 1. The number of esters is 1. The van der Waals surface area contributed by atoms with E-state index in [-0.39, 0.29) is 22.2 Å². The van der Waals surface area contributed by atoms with Gasteiger partial charge in [-0.25, -0.2) is 4.79 Å². The fourth-order valence-electron chi connectivity index (χ4n) is 2.14.